The van der Waals surface area contributed by atoms with Gasteiger partial charge in [0, 0.05) is 31.2 Å². The fourth-order valence-corrected chi connectivity index (χ4v) is 2.31. The van der Waals surface area contributed by atoms with Crippen molar-refractivity contribution in [1.82, 2.24) is 19.8 Å². The lowest BCUT2D eigenvalue weighted by Gasteiger charge is -2.17. The molecule has 0 saturated carbocycles. The minimum absolute atomic E-state index is 0.196. The van der Waals surface area contributed by atoms with Crippen LogP contribution in [0.1, 0.15) is 11.4 Å². The molecule has 1 aliphatic rings. The van der Waals surface area contributed by atoms with E-state index in [4.69, 9.17) is 0 Å². The van der Waals surface area contributed by atoms with Gasteiger partial charge in [-0.2, -0.15) is 0 Å². The SMILES string of the molecule is Cc1cc(-c2ccnc(CN3C=CN(C)C3)n2)ccc1F. The smallest absolute Gasteiger partial charge is 0.148 e. The third kappa shape index (κ3) is 3.02. The lowest BCUT2D eigenvalue weighted by molar-refractivity contribution is 0.285. The van der Waals surface area contributed by atoms with Crippen molar-refractivity contribution in [3.63, 3.8) is 0 Å². The van der Waals surface area contributed by atoms with Crippen LogP contribution in [0.4, 0.5) is 4.39 Å². The van der Waals surface area contributed by atoms with Crippen LogP contribution in [0.3, 0.4) is 0 Å². The Morgan fingerprint density at radius 3 is 2.81 bits per heavy atom. The topological polar surface area (TPSA) is 32.3 Å². The summed E-state index contributed by atoms with van der Waals surface area (Å²) in [5.41, 5.74) is 2.35. The van der Waals surface area contributed by atoms with Gasteiger partial charge < -0.3 is 9.80 Å². The second-order valence-corrected chi connectivity index (χ2v) is 5.27. The van der Waals surface area contributed by atoms with Crippen molar-refractivity contribution in [2.75, 3.05) is 13.7 Å². The summed E-state index contributed by atoms with van der Waals surface area (Å²) in [6, 6.07) is 6.88. The van der Waals surface area contributed by atoms with E-state index in [9.17, 15) is 4.39 Å². The molecule has 2 aromatic rings. The van der Waals surface area contributed by atoms with Gasteiger partial charge in [0.1, 0.15) is 11.6 Å². The molecular weight excluding hydrogens is 267 g/mol. The Labute approximate surface area is 123 Å². The number of hydrogen-bond acceptors (Lipinski definition) is 4. The van der Waals surface area contributed by atoms with Crippen molar-refractivity contribution in [1.29, 1.82) is 0 Å². The highest BCUT2D eigenvalue weighted by molar-refractivity contribution is 5.59. The first-order valence-corrected chi connectivity index (χ1v) is 6.83. The van der Waals surface area contributed by atoms with Crippen molar-refractivity contribution >= 4 is 0 Å². The van der Waals surface area contributed by atoms with E-state index in [2.05, 4.69) is 19.8 Å². The van der Waals surface area contributed by atoms with Gasteiger partial charge >= 0.3 is 0 Å². The Morgan fingerprint density at radius 2 is 2.10 bits per heavy atom. The van der Waals surface area contributed by atoms with Gasteiger partial charge in [0.2, 0.25) is 0 Å². The number of halogens is 1. The molecule has 21 heavy (non-hydrogen) atoms. The minimum atomic E-state index is -0.196. The quantitative estimate of drug-likeness (QED) is 0.867. The summed E-state index contributed by atoms with van der Waals surface area (Å²) in [5.74, 6) is 0.563. The first-order valence-electron chi connectivity index (χ1n) is 6.83. The average molecular weight is 284 g/mol. The van der Waals surface area contributed by atoms with E-state index in [0.717, 1.165) is 23.8 Å². The zero-order valence-corrected chi connectivity index (χ0v) is 12.1. The van der Waals surface area contributed by atoms with Crippen LogP contribution in [0, 0.1) is 12.7 Å². The average Bonchev–Trinajstić information content (AvgIpc) is 2.87. The zero-order valence-electron chi connectivity index (χ0n) is 12.1. The molecule has 1 aromatic carbocycles. The molecule has 1 aromatic heterocycles. The highest BCUT2D eigenvalue weighted by Gasteiger charge is 2.11. The summed E-state index contributed by atoms with van der Waals surface area (Å²) in [5, 5.41) is 0. The van der Waals surface area contributed by atoms with Gasteiger partial charge in [-0.25, -0.2) is 14.4 Å². The highest BCUT2D eigenvalue weighted by Crippen LogP contribution is 2.20. The van der Waals surface area contributed by atoms with Crippen LogP contribution >= 0.6 is 0 Å². The molecule has 0 amide bonds. The maximum absolute atomic E-state index is 13.3. The molecule has 0 fully saturated rings. The van der Waals surface area contributed by atoms with E-state index < -0.39 is 0 Å². The molecule has 0 atom stereocenters. The lowest BCUT2D eigenvalue weighted by atomic mass is 10.1. The summed E-state index contributed by atoms with van der Waals surface area (Å²) in [6.45, 7) is 3.25. The second kappa shape index (κ2) is 5.52. The van der Waals surface area contributed by atoms with Crippen LogP contribution in [0.25, 0.3) is 11.3 Å². The Morgan fingerprint density at radius 1 is 1.24 bits per heavy atom. The van der Waals surface area contributed by atoms with Gasteiger partial charge in [0.05, 0.1) is 18.9 Å². The molecule has 108 valence electrons. The van der Waals surface area contributed by atoms with Crippen molar-refractivity contribution in [2.24, 2.45) is 0 Å². The van der Waals surface area contributed by atoms with Gasteiger partial charge in [0.25, 0.3) is 0 Å². The zero-order chi connectivity index (χ0) is 14.8. The molecule has 2 heterocycles. The third-order valence-electron chi connectivity index (χ3n) is 3.44. The summed E-state index contributed by atoms with van der Waals surface area (Å²) < 4.78 is 13.3. The van der Waals surface area contributed by atoms with E-state index in [-0.39, 0.29) is 5.82 Å². The van der Waals surface area contributed by atoms with Crippen LogP contribution in [0.5, 0.6) is 0 Å². The molecule has 3 rings (SSSR count). The molecule has 0 radical (unpaired) electrons. The number of hydrogen-bond donors (Lipinski definition) is 0. The van der Waals surface area contributed by atoms with E-state index in [1.807, 2.05) is 31.6 Å². The molecule has 0 N–H and O–H groups in total. The molecule has 0 unspecified atom stereocenters. The highest BCUT2D eigenvalue weighted by atomic mass is 19.1. The second-order valence-electron chi connectivity index (χ2n) is 5.27. The molecule has 0 spiro atoms. The number of aryl methyl sites for hydroxylation is 1. The minimum Gasteiger partial charge on any atom is -0.362 e. The Bertz CT molecular complexity index is 684. The molecule has 0 bridgehead atoms. The predicted octanol–water partition coefficient (Wildman–Crippen LogP) is 2.77. The van der Waals surface area contributed by atoms with E-state index in [0.29, 0.717) is 12.1 Å². The van der Waals surface area contributed by atoms with Crippen LogP contribution in [0.15, 0.2) is 42.9 Å². The molecule has 4 nitrogen and oxygen atoms in total. The summed E-state index contributed by atoms with van der Waals surface area (Å²) in [4.78, 5) is 13.1. The summed E-state index contributed by atoms with van der Waals surface area (Å²) >= 11 is 0. The number of benzene rings is 1. The van der Waals surface area contributed by atoms with Crippen molar-refractivity contribution in [3.05, 3.63) is 60.1 Å². The molecule has 0 aliphatic carbocycles. The van der Waals surface area contributed by atoms with E-state index >= 15 is 0 Å². The Hall–Kier alpha value is -2.43. The van der Waals surface area contributed by atoms with Gasteiger partial charge in [-0.3, -0.25) is 0 Å². The number of aromatic nitrogens is 2. The largest absolute Gasteiger partial charge is 0.362 e. The Balaban J connectivity index is 1.82. The fourth-order valence-electron chi connectivity index (χ4n) is 2.31. The van der Waals surface area contributed by atoms with Gasteiger partial charge in [-0.15, -0.1) is 0 Å². The van der Waals surface area contributed by atoms with Crippen LogP contribution < -0.4 is 0 Å². The Kier molecular flexibility index (Phi) is 3.56. The van der Waals surface area contributed by atoms with Crippen molar-refractivity contribution in [2.45, 2.75) is 13.5 Å². The third-order valence-corrected chi connectivity index (χ3v) is 3.44. The molecule has 0 saturated heterocycles. The maximum atomic E-state index is 13.3. The normalized spacial score (nSPS) is 14.0. The lowest BCUT2D eigenvalue weighted by Crippen LogP contribution is -2.22. The number of nitrogens with zero attached hydrogens (tertiary/aromatic N) is 4. The number of rotatable bonds is 3. The van der Waals surface area contributed by atoms with Crippen LogP contribution in [-0.2, 0) is 6.54 Å². The predicted molar refractivity (Wildman–Crippen MR) is 79.5 cm³/mol. The van der Waals surface area contributed by atoms with Crippen molar-refractivity contribution < 1.29 is 4.39 Å². The van der Waals surface area contributed by atoms with E-state index in [1.54, 1.807) is 19.2 Å². The standard InChI is InChI=1S/C16H17FN4/c1-12-9-13(3-4-14(12)17)15-5-6-18-16(19-15)10-21-8-7-20(2)11-21/h3-9H,10-11H2,1-2H3. The van der Waals surface area contributed by atoms with Gasteiger partial charge in [0.15, 0.2) is 0 Å². The molecule has 5 heteroatoms. The summed E-state index contributed by atoms with van der Waals surface area (Å²) in [7, 11) is 2.02. The van der Waals surface area contributed by atoms with Gasteiger partial charge in [-0.05, 0) is 36.8 Å². The van der Waals surface area contributed by atoms with Crippen LogP contribution in [-0.4, -0.2) is 33.5 Å². The monoisotopic (exact) mass is 284 g/mol. The van der Waals surface area contributed by atoms with E-state index in [1.165, 1.54) is 6.07 Å². The van der Waals surface area contributed by atoms with Crippen LogP contribution in [0.2, 0.25) is 0 Å². The molecule has 1 aliphatic heterocycles. The first kappa shape index (κ1) is 13.5. The summed E-state index contributed by atoms with van der Waals surface area (Å²) in [6.07, 6.45) is 5.80. The van der Waals surface area contributed by atoms with Gasteiger partial charge in [-0.1, -0.05) is 0 Å². The molecular formula is C16H17FN4. The fraction of sp³-hybridized carbons (Fsp3) is 0.250. The maximum Gasteiger partial charge on any atom is 0.148 e. The van der Waals surface area contributed by atoms with Crippen molar-refractivity contribution in [3.8, 4) is 11.3 Å². The first-order chi connectivity index (χ1) is 10.1.